The minimum absolute atomic E-state index is 0.00970. The Hall–Kier alpha value is -0.980. The Morgan fingerprint density at radius 1 is 1.14 bits per heavy atom. The third kappa shape index (κ3) is 3.19. The van der Waals surface area contributed by atoms with E-state index in [1.54, 1.807) is 0 Å². The average molecular weight is 307 g/mol. The van der Waals surface area contributed by atoms with Gasteiger partial charge >= 0.3 is 0 Å². The first-order valence-corrected chi connectivity index (χ1v) is 7.84. The normalized spacial score (nSPS) is 37.0. The minimum Gasteiger partial charge on any atom is -0.345 e. The van der Waals surface area contributed by atoms with Crippen molar-refractivity contribution in [2.75, 3.05) is 7.05 Å². The standard InChI is InChI=1S/C17H25NO4/c1-11-13(18-4)14-15(22-17(2,3)21-14)16(20-11)19-10-12-8-6-5-7-9-12/h5-9,11,13-16,18H,10H2,1-4H3/t11-,13+,14-,15?,16-/m0/s1. The molecule has 1 unspecified atom stereocenters. The minimum atomic E-state index is -0.619. The second-order valence-corrected chi connectivity index (χ2v) is 6.39. The van der Waals surface area contributed by atoms with Crippen molar-refractivity contribution in [2.24, 2.45) is 0 Å². The van der Waals surface area contributed by atoms with Crippen LogP contribution in [-0.4, -0.2) is 43.5 Å². The van der Waals surface area contributed by atoms with E-state index in [1.165, 1.54) is 0 Å². The van der Waals surface area contributed by atoms with Crippen LogP contribution < -0.4 is 5.32 Å². The Balaban J connectivity index is 1.71. The molecule has 2 saturated heterocycles. The van der Waals surface area contributed by atoms with E-state index in [9.17, 15) is 0 Å². The molecule has 0 aromatic heterocycles. The van der Waals surface area contributed by atoms with Crippen LogP contribution in [0.15, 0.2) is 30.3 Å². The molecule has 0 aliphatic carbocycles. The number of rotatable bonds is 4. The van der Waals surface area contributed by atoms with Crippen molar-refractivity contribution in [1.29, 1.82) is 0 Å². The molecule has 1 N–H and O–H groups in total. The van der Waals surface area contributed by atoms with Crippen LogP contribution in [0.4, 0.5) is 0 Å². The lowest BCUT2D eigenvalue weighted by molar-refractivity contribution is -0.258. The van der Waals surface area contributed by atoms with Gasteiger partial charge in [0.15, 0.2) is 12.1 Å². The Morgan fingerprint density at radius 3 is 2.50 bits per heavy atom. The molecule has 2 aliphatic rings. The molecule has 2 aliphatic heterocycles. The second-order valence-electron chi connectivity index (χ2n) is 6.39. The van der Waals surface area contributed by atoms with Crippen molar-refractivity contribution in [1.82, 2.24) is 5.32 Å². The number of nitrogens with one attached hydrogen (secondary N) is 1. The molecule has 122 valence electrons. The van der Waals surface area contributed by atoms with Crippen LogP contribution in [0.1, 0.15) is 26.3 Å². The summed E-state index contributed by atoms with van der Waals surface area (Å²) in [5.74, 6) is -0.619. The van der Waals surface area contributed by atoms with Gasteiger partial charge in [0.2, 0.25) is 0 Å². The lowest BCUT2D eigenvalue weighted by Gasteiger charge is -2.40. The van der Waals surface area contributed by atoms with Crippen LogP contribution in [0, 0.1) is 0 Å². The monoisotopic (exact) mass is 307 g/mol. The molecule has 2 fully saturated rings. The third-order valence-corrected chi connectivity index (χ3v) is 4.23. The van der Waals surface area contributed by atoms with Crippen LogP contribution in [0.25, 0.3) is 0 Å². The first kappa shape index (κ1) is 15.9. The Bertz CT molecular complexity index is 493. The highest BCUT2D eigenvalue weighted by Crippen LogP contribution is 2.37. The maximum absolute atomic E-state index is 6.06. The smallest absolute Gasteiger partial charge is 0.187 e. The predicted octanol–water partition coefficient (Wildman–Crippen LogP) is 2.06. The van der Waals surface area contributed by atoms with Gasteiger partial charge < -0.3 is 24.3 Å². The molecule has 5 heteroatoms. The van der Waals surface area contributed by atoms with Gasteiger partial charge in [0, 0.05) is 0 Å². The van der Waals surface area contributed by atoms with Gasteiger partial charge in [-0.15, -0.1) is 0 Å². The van der Waals surface area contributed by atoms with Crippen LogP contribution in [0.3, 0.4) is 0 Å². The number of hydrogen-bond acceptors (Lipinski definition) is 5. The fourth-order valence-electron chi connectivity index (χ4n) is 3.23. The Morgan fingerprint density at radius 2 is 1.82 bits per heavy atom. The number of ether oxygens (including phenoxy) is 4. The summed E-state index contributed by atoms with van der Waals surface area (Å²) in [5.41, 5.74) is 1.12. The summed E-state index contributed by atoms with van der Waals surface area (Å²) in [6.07, 6.45) is -0.743. The van der Waals surface area contributed by atoms with Gasteiger partial charge in [-0.1, -0.05) is 30.3 Å². The highest BCUT2D eigenvalue weighted by atomic mass is 16.8. The number of hydrogen-bond donors (Lipinski definition) is 1. The maximum atomic E-state index is 6.06. The Kier molecular flexibility index (Phi) is 4.52. The first-order valence-electron chi connectivity index (χ1n) is 7.84. The quantitative estimate of drug-likeness (QED) is 0.922. The lowest BCUT2D eigenvalue weighted by Crippen LogP contribution is -2.60. The molecule has 0 amide bonds. The van der Waals surface area contributed by atoms with E-state index in [-0.39, 0.29) is 24.4 Å². The fraction of sp³-hybridized carbons (Fsp3) is 0.647. The van der Waals surface area contributed by atoms with Gasteiger partial charge in [0.1, 0.15) is 12.2 Å². The molecule has 1 aromatic rings. The van der Waals surface area contributed by atoms with E-state index in [1.807, 2.05) is 58.2 Å². The summed E-state index contributed by atoms with van der Waals surface area (Å²) in [5, 5.41) is 3.27. The molecule has 3 rings (SSSR count). The van der Waals surface area contributed by atoms with E-state index in [4.69, 9.17) is 18.9 Å². The van der Waals surface area contributed by atoms with Gasteiger partial charge in [-0.25, -0.2) is 0 Å². The predicted molar refractivity (Wildman–Crippen MR) is 82.2 cm³/mol. The van der Waals surface area contributed by atoms with Gasteiger partial charge in [-0.3, -0.25) is 0 Å². The fourth-order valence-corrected chi connectivity index (χ4v) is 3.23. The number of likely N-dealkylation sites (N-methyl/N-ethyl adjacent to an activating group) is 1. The van der Waals surface area contributed by atoms with E-state index in [0.717, 1.165) is 5.56 Å². The van der Waals surface area contributed by atoms with Crippen LogP contribution >= 0.6 is 0 Å². The highest BCUT2D eigenvalue weighted by Gasteiger charge is 2.54. The second kappa shape index (κ2) is 6.26. The Labute approximate surface area is 131 Å². The van der Waals surface area contributed by atoms with Gasteiger partial charge in [-0.2, -0.15) is 0 Å². The van der Waals surface area contributed by atoms with E-state index in [0.29, 0.717) is 6.61 Å². The largest absolute Gasteiger partial charge is 0.345 e. The molecule has 5 atom stereocenters. The van der Waals surface area contributed by atoms with Gasteiger partial charge in [0.25, 0.3) is 0 Å². The summed E-state index contributed by atoms with van der Waals surface area (Å²) in [6, 6.07) is 10.2. The molecular formula is C17H25NO4. The molecule has 0 spiro atoms. The molecule has 0 radical (unpaired) electrons. The summed E-state index contributed by atoms with van der Waals surface area (Å²) < 4.78 is 24.1. The molecule has 22 heavy (non-hydrogen) atoms. The zero-order valence-corrected chi connectivity index (χ0v) is 13.6. The van der Waals surface area contributed by atoms with Gasteiger partial charge in [-0.05, 0) is 33.4 Å². The zero-order chi connectivity index (χ0) is 15.7. The zero-order valence-electron chi connectivity index (χ0n) is 13.6. The van der Waals surface area contributed by atoms with Crippen molar-refractivity contribution < 1.29 is 18.9 Å². The van der Waals surface area contributed by atoms with E-state index in [2.05, 4.69) is 5.32 Å². The summed E-state index contributed by atoms with van der Waals surface area (Å²) >= 11 is 0. The third-order valence-electron chi connectivity index (χ3n) is 4.23. The van der Waals surface area contributed by atoms with Crippen molar-refractivity contribution in [3.05, 3.63) is 35.9 Å². The molecule has 5 nitrogen and oxygen atoms in total. The highest BCUT2D eigenvalue weighted by molar-refractivity contribution is 5.13. The van der Waals surface area contributed by atoms with Crippen molar-refractivity contribution in [2.45, 2.75) is 63.8 Å². The van der Waals surface area contributed by atoms with Crippen LogP contribution in [0.5, 0.6) is 0 Å². The van der Waals surface area contributed by atoms with Crippen LogP contribution in [0.2, 0.25) is 0 Å². The number of fused-ring (bicyclic) bond motifs is 1. The van der Waals surface area contributed by atoms with Gasteiger partial charge in [0.05, 0.1) is 18.8 Å². The molecule has 0 bridgehead atoms. The summed E-state index contributed by atoms with van der Waals surface area (Å²) in [4.78, 5) is 0. The lowest BCUT2D eigenvalue weighted by atomic mass is 9.97. The van der Waals surface area contributed by atoms with Crippen molar-refractivity contribution in [3.63, 3.8) is 0 Å². The summed E-state index contributed by atoms with van der Waals surface area (Å²) in [6.45, 7) is 6.38. The average Bonchev–Trinajstić information content (AvgIpc) is 2.81. The summed E-state index contributed by atoms with van der Waals surface area (Å²) in [7, 11) is 1.92. The molecule has 0 saturated carbocycles. The SMILES string of the molecule is CN[C@@H]1[C@H](C)O[C@H](OCc2ccccc2)C2OC(C)(C)O[C@H]21. The molecule has 2 heterocycles. The molecular weight excluding hydrogens is 282 g/mol. The topological polar surface area (TPSA) is 49.0 Å². The van der Waals surface area contributed by atoms with E-state index < -0.39 is 12.1 Å². The molecule has 1 aromatic carbocycles. The van der Waals surface area contributed by atoms with Crippen LogP contribution in [-0.2, 0) is 25.6 Å². The van der Waals surface area contributed by atoms with E-state index >= 15 is 0 Å². The van der Waals surface area contributed by atoms with Crippen molar-refractivity contribution in [3.8, 4) is 0 Å². The van der Waals surface area contributed by atoms with Crippen molar-refractivity contribution >= 4 is 0 Å². The maximum Gasteiger partial charge on any atom is 0.187 e. The first-order chi connectivity index (χ1) is 10.5. The number of benzene rings is 1.